The van der Waals surface area contributed by atoms with Gasteiger partial charge in [-0.2, -0.15) is 0 Å². The van der Waals surface area contributed by atoms with Crippen LogP contribution in [0.2, 0.25) is 0 Å². The average Bonchev–Trinajstić information content (AvgIpc) is 3.41. The first-order chi connectivity index (χ1) is 10.4. The van der Waals surface area contributed by atoms with Crippen LogP contribution in [-0.4, -0.2) is 15.7 Å². The van der Waals surface area contributed by atoms with Crippen LogP contribution in [-0.2, 0) is 11.2 Å². The molecule has 2 heteroatoms. The summed E-state index contributed by atoms with van der Waals surface area (Å²) in [6, 6.07) is 19.9. The maximum atomic E-state index is 2.49. The predicted molar refractivity (Wildman–Crippen MR) is 93.1 cm³/mol. The third-order valence-electron chi connectivity index (χ3n) is 4.76. The van der Waals surface area contributed by atoms with Gasteiger partial charge in [-0.15, -0.1) is 23.5 Å². The summed E-state index contributed by atoms with van der Waals surface area (Å²) in [5.41, 5.74) is 4.44. The number of rotatable bonds is 3. The molecule has 1 aliphatic carbocycles. The Labute approximate surface area is 134 Å². The van der Waals surface area contributed by atoms with Crippen LogP contribution in [0.25, 0.3) is 0 Å². The zero-order valence-electron chi connectivity index (χ0n) is 11.6. The molecule has 2 aromatic carbocycles. The third-order valence-corrected chi connectivity index (χ3v) is 7.92. The van der Waals surface area contributed by atoms with Crippen molar-refractivity contribution in [2.24, 2.45) is 0 Å². The van der Waals surface area contributed by atoms with Gasteiger partial charge >= 0.3 is 0 Å². The number of fused-ring (bicyclic) bond motifs is 3. The summed E-state index contributed by atoms with van der Waals surface area (Å²) in [5, 5.41) is 2.51. The van der Waals surface area contributed by atoms with E-state index in [1.165, 1.54) is 11.1 Å². The van der Waals surface area contributed by atoms with Gasteiger partial charge in [0.2, 0.25) is 0 Å². The second-order valence-electron chi connectivity index (χ2n) is 6.08. The molecule has 2 saturated heterocycles. The molecule has 0 nitrogen and oxygen atoms in total. The lowest BCUT2D eigenvalue weighted by molar-refractivity contribution is 0.769. The van der Waals surface area contributed by atoms with Crippen molar-refractivity contribution in [3.63, 3.8) is 0 Å². The molecule has 21 heavy (non-hydrogen) atoms. The van der Waals surface area contributed by atoms with E-state index in [2.05, 4.69) is 90.3 Å². The van der Waals surface area contributed by atoms with Crippen molar-refractivity contribution >= 4 is 23.5 Å². The molecule has 0 aromatic heterocycles. The van der Waals surface area contributed by atoms with Gasteiger partial charge in [0.1, 0.15) is 0 Å². The average molecular weight is 308 g/mol. The molecule has 104 valence electrons. The normalized spacial score (nSPS) is 35.0. The van der Waals surface area contributed by atoms with E-state index in [-0.39, 0.29) is 4.75 Å². The van der Waals surface area contributed by atoms with Crippen molar-refractivity contribution in [3.05, 3.63) is 83.4 Å². The summed E-state index contributed by atoms with van der Waals surface area (Å²) in [5.74, 6) is 0. The smallest absolute Gasteiger partial charge is 0.0725 e. The molecule has 0 spiro atoms. The quantitative estimate of drug-likeness (QED) is 0.598. The van der Waals surface area contributed by atoms with E-state index >= 15 is 0 Å². The number of hydrogen-bond donors (Lipinski definition) is 0. The minimum Gasteiger partial charge on any atom is -0.147 e. The van der Waals surface area contributed by atoms with E-state index in [1.807, 2.05) is 0 Å². The molecule has 2 aromatic rings. The summed E-state index contributed by atoms with van der Waals surface area (Å²) < 4.78 is 0.288. The van der Waals surface area contributed by atoms with Crippen molar-refractivity contribution in [2.75, 3.05) is 0 Å². The maximum Gasteiger partial charge on any atom is 0.0725 e. The van der Waals surface area contributed by atoms with Crippen LogP contribution in [0.4, 0.5) is 0 Å². The van der Waals surface area contributed by atoms with E-state index in [1.54, 1.807) is 5.56 Å². The molecule has 2 fully saturated rings. The van der Waals surface area contributed by atoms with E-state index in [9.17, 15) is 0 Å². The van der Waals surface area contributed by atoms with Gasteiger partial charge < -0.3 is 0 Å². The molecule has 0 saturated carbocycles. The highest BCUT2D eigenvalue weighted by molar-refractivity contribution is 8.13. The van der Waals surface area contributed by atoms with Gasteiger partial charge in [-0.1, -0.05) is 66.7 Å². The second kappa shape index (κ2) is 4.44. The van der Waals surface area contributed by atoms with Crippen molar-refractivity contribution in [1.82, 2.24) is 0 Å². The predicted octanol–water partition coefficient (Wildman–Crippen LogP) is 4.64. The first-order valence-electron chi connectivity index (χ1n) is 7.52. The molecule has 4 unspecified atom stereocenters. The highest BCUT2D eigenvalue weighted by atomic mass is 32.2. The van der Waals surface area contributed by atoms with E-state index in [0.29, 0.717) is 0 Å². The Balaban J connectivity index is 1.54. The van der Waals surface area contributed by atoms with Gasteiger partial charge in [0.05, 0.1) is 4.75 Å². The summed E-state index contributed by atoms with van der Waals surface area (Å²) in [6.07, 6.45) is 5.99. The van der Waals surface area contributed by atoms with Crippen molar-refractivity contribution in [2.45, 2.75) is 26.9 Å². The van der Waals surface area contributed by atoms with E-state index in [0.717, 1.165) is 22.2 Å². The topological polar surface area (TPSA) is 0 Å². The fraction of sp³-hybridized carbons (Fsp3) is 0.263. The fourth-order valence-electron chi connectivity index (χ4n) is 3.57. The van der Waals surface area contributed by atoms with Gasteiger partial charge in [-0.05, 0) is 23.1 Å². The molecule has 0 radical (unpaired) electrons. The highest BCUT2D eigenvalue weighted by Crippen LogP contribution is 2.73. The van der Waals surface area contributed by atoms with Crippen molar-refractivity contribution in [3.8, 4) is 0 Å². The van der Waals surface area contributed by atoms with E-state index < -0.39 is 0 Å². The lowest BCUT2D eigenvalue weighted by Gasteiger charge is -2.18. The Morgan fingerprint density at radius 3 is 2.67 bits per heavy atom. The lowest BCUT2D eigenvalue weighted by Crippen LogP contribution is -2.19. The van der Waals surface area contributed by atoms with Crippen LogP contribution in [0, 0.1) is 0 Å². The standard InChI is InChI=1S/C19H16S2/c1-2-6-13(7-3-1)12-14-8-4-5-9-15(14)19-11-10-16-17(20-16)18(19)21-19/h1-11,16-18H,12H2. The largest absolute Gasteiger partial charge is 0.147 e. The number of benzene rings is 2. The Hall–Kier alpha value is -1.12. The first kappa shape index (κ1) is 12.4. The molecule has 2 heterocycles. The van der Waals surface area contributed by atoms with Gasteiger partial charge in [-0.3, -0.25) is 0 Å². The molecule has 2 aliphatic heterocycles. The Morgan fingerprint density at radius 1 is 0.952 bits per heavy atom. The minimum absolute atomic E-state index is 0.288. The maximum absolute atomic E-state index is 2.49. The number of hydrogen-bond acceptors (Lipinski definition) is 2. The third kappa shape index (κ3) is 1.92. The second-order valence-corrected chi connectivity index (χ2v) is 8.86. The van der Waals surface area contributed by atoms with Crippen LogP contribution in [0.1, 0.15) is 16.7 Å². The zero-order valence-corrected chi connectivity index (χ0v) is 13.2. The summed E-state index contributed by atoms with van der Waals surface area (Å²) >= 11 is 4.31. The first-order valence-corrected chi connectivity index (χ1v) is 9.34. The summed E-state index contributed by atoms with van der Waals surface area (Å²) in [4.78, 5) is 0. The van der Waals surface area contributed by atoms with Gasteiger partial charge in [0.25, 0.3) is 0 Å². The Morgan fingerprint density at radius 2 is 1.76 bits per heavy atom. The molecule has 0 amide bonds. The van der Waals surface area contributed by atoms with Crippen LogP contribution in [0.15, 0.2) is 66.7 Å². The summed E-state index contributed by atoms with van der Waals surface area (Å²) in [6.45, 7) is 0. The van der Waals surface area contributed by atoms with Crippen LogP contribution in [0.3, 0.4) is 0 Å². The molecule has 0 bridgehead atoms. The van der Waals surface area contributed by atoms with Gasteiger partial charge in [0, 0.05) is 15.7 Å². The van der Waals surface area contributed by atoms with Crippen LogP contribution >= 0.6 is 23.5 Å². The van der Waals surface area contributed by atoms with Crippen molar-refractivity contribution in [1.29, 1.82) is 0 Å². The highest BCUT2D eigenvalue weighted by Gasteiger charge is 2.67. The van der Waals surface area contributed by atoms with Crippen LogP contribution < -0.4 is 0 Å². The molecule has 5 rings (SSSR count). The molecular weight excluding hydrogens is 292 g/mol. The van der Waals surface area contributed by atoms with Crippen LogP contribution in [0.5, 0.6) is 0 Å². The monoisotopic (exact) mass is 308 g/mol. The fourth-order valence-corrected chi connectivity index (χ4v) is 6.65. The molecular formula is C19H16S2. The molecule has 0 N–H and O–H groups in total. The minimum atomic E-state index is 0.288. The van der Waals surface area contributed by atoms with E-state index in [4.69, 9.17) is 0 Å². The molecule has 3 aliphatic rings. The SMILES string of the molecule is C1=CC2(c3ccccc3Cc3ccccc3)SC2C2SC12. The lowest BCUT2D eigenvalue weighted by atomic mass is 9.85. The van der Waals surface area contributed by atoms with Crippen molar-refractivity contribution < 1.29 is 0 Å². The zero-order chi connectivity index (χ0) is 13.9. The Kier molecular flexibility index (Phi) is 2.63. The summed E-state index contributed by atoms with van der Waals surface area (Å²) in [7, 11) is 0. The Bertz CT molecular complexity index is 721. The van der Waals surface area contributed by atoms with Gasteiger partial charge in [0.15, 0.2) is 0 Å². The number of thioether (sulfide) groups is 2. The molecule has 4 atom stereocenters. The van der Waals surface area contributed by atoms with Gasteiger partial charge in [-0.25, -0.2) is 0 Å².